The summed E-state index contributed by atoms with van der Waals surface area (Å²) in [6.45, 7) is 2.11. The predicted octanol–water partition coefficient (Wildman–Crippen LogP) is 2.80. The molecule has 4 aliphatic carbocycles. The maximum atomic E-state index is 6.68. The smallest absolute Gasteiger partial charge is 0.0925 e. The number of aromatic nitrogens is 2. The molecule has 4 aliphatic rings. The summed E-state index contributed by atoms with van der Waals surface area (Å²) in [4.78, 5) is 7.63. The van der Waals surface area contributed by atoms with Crippen LogP contribution in [0.2, 0.25) is 0 Å². The average Bonchev–Trinajstić information content (AvgIpc) is 2.73. The Morgan fingerprint density at radius 2 is 1.84 bits per heavy atom. The monoisotopic (exact) mass is 259 g/mol. The molecule has 0 aliphatic heterocycles. The van der Waals surface area contributed by atoms with Crippen LogP contribution in [0.5, 0.6) is 0 Å². The summed E-state index contributed by atoms with van der Waals surface area (Å²) in [6.07, 6.45) is 11.4. The maximum Gasteiger partial charge on any atom is 0.0925 e. The SMILES string of the molecule is Cc1[nH]cnc1CC(N)C12CC3CC(CC(C3)C1)C2. The summed E-state index contributed by atoms with van der Waals surface area (Å²) in [5.41, 5.74) is 9.50. The largest absolute Gasteiger partial charge is 0.348 e. The standard InChI is InChI=1S/C16H25N3/c1-10-14(19-9-18-10)5-15(17)16-6-11-2-12(7-16)4-13(3-11)8-16/h9,11-13,15H,2-8,17H2,1H3,(H,18,19). The summed E-state index contributed by atoms with van der Waals surface area (Å²) in [5, 5.41) is 0. The highest BCUT2D eigenvalue weighted by molar-refractivity contribution is 5.14. The van der Waals surface area contributed by atoms with Gasteiger partial charge in [-0.05, 0) is 68.6 Å². The molecule has 0 spiro atoms. The van der Waals surface area contributed by atoms with E-state index in [9.17, 15) is 0 Å². The van der Waals surface area contributed by atoms with Gasteiger partial charge in [-0.25, -0.2) is 4.98 Å². The Kier molecular flexibility index (Phi) is 2.57. The van der Waals surface area contributed by atoms with Crippen LogP contribution in [0.4, 0.5) is 0 Å². The van der Waals surface area contributed by atoms with Crippen molar-refractivity contribution in [1.82, 2.24) is 9.97 Å². The van der Waals surface area contributed by atoms with Crippen LogP contribution in [0.15, 0.2) is 6.33 Å². The second-order valence-electron chi connectivity index (χ2n) is 7.56. The number of hydrogen-bond donors (Lipinski definition) is 2. The van der Waals surface area contributed by atoms with Gasteiger partial charge in [0.15, 0.2) is 0 Å². The molecule has 1 heterocycles. The molecular formula is C16H25N3. The van der Waals surface area contributed by atoms with Crippen molar-refractivity contribution in [3.63, 3.8) is 0 Å². The Balaban J connectivity index is 1.56. The van der Waals surface area contributed by atoms with E-state index in [1.807, 2.05) is 0 Å². The number of nitrogens with two attached hydrogens (primary N) is 1. The molecule has 4 saturated carbocycles. The Morgan fingerprint density at radius 1 is 1.26 bits per heavy atom. The van der Waals surface area contributed by atoms with Gasteiger partial charge in [0.2, 0.25) is 0 Å². The van der Waals surface area contributed by atoms with E-state index in [1.54, 1.807) is 6.33 Å². The van der Waals surface area contributed by atoms with E-state index >= 15 is 0 Å². The van der Waals surface area contributed by atoms with Crippen LogP contribution < -0.4 is 5.73 Å². The third-order valence-corrected chi connectivity index (χ3v) is 6.22. The molecule has 104 valence electrons. The number of rotatable bonds is 3. The highest BCUT2D eigenvalue weighted by Gasteiger charge is 2.53. The van der Waals surface area contributed by atoms with Crippen molar-refractivity contribution in [1.29, 1.82) is 0 Å². The highest BCUT2D eigenvalue weighted by atomic mass is 14.9. The van der Waals surface area contributed by atoms with E-state index in [0.29, 0.717) is 11.5 Å². The molecule has 3 nitrogen and oxygen atoms in total. The Bertz CT molecular complexity index is 441. The fourth-order valence-electron chi connectivity index (χ4n) is 5.65. The van der Waals surface area contributed by atoms with Gasteiger partial charge in [0.25, 0.3) is 0 Å². The van der Waals surface area contributed by atoms with Crippen LogP contribution in [-0.2, 0) is 6.42 Å². The minimum Gasteiger partial charge on any atom is -0.348 e. The number of aryl methyl sites for hydroxylation is 1. The molecule has 1 aromatic heterocycles. The summed E-state index contributed by atoms with van der Waals surface area (Å²) < 4.78 is 0. The molecule has 5 rings (SSSR count). The van der Waals surface area contributed by atoms with E-state index in [2.05, 4.69) is 16.9 Å². The highest BCUT2D eigenvalue weighted by Crippen LogP contribution is 2.61. The summed E-state index contributed by atoms with van der Waals surface area (Å²) in [7, 11) is 0. The molecule has 3 N–H and O–H groups in total. The van der Waals surface area contributed by atoms with Gasteiger partial charge in [-0.1, -0.05) is 0 Å². The first-order chi connectivity index (χ1) is 9.14. The fraction of sp³-hybridized carbons (Fsp3) is 0.812. The molecule has 1 unspecified atom stereocenters. The molecule has 19 heavy (non-hydrogen) atoms. The molecular weight excluding hydrogens is 234 g/mol. The van der Waals surface area contributed by atoms with Gasteiger partial charge in [-0.3, -0.25) is 0 Å². The normalized spacial score (nSPS) is 41.7. The Labute approximate surface area is 115 Å². The van der Waals surface area contributed by atoms with E-state index in [4.69, 9.17) is 5.73 Å². The quantitative estimate of drug-likeness (QED) is 0.877. The molecule has 0 saturated heterocycles. The first-order valence-electron chi connectivity index (χ1n) is 7.89. The van der Waals surface area contributed by atoms with Gasteiger partial charge in [0.05, 0.1) is 12.0 Å². The Morgan fingerprint density at radius 3 is 2.32 bits per heavy atom. The number of nitrogens with zero attached hydrogens (tertiary/aromatic N) is 1. The minimum atomic E-state index is 0.308. The van der Waals surface area contributed by atoms with Crippen LogP contribution in [0.25, 0.3) is 0 Å². The van der Waals surface area contributed by atoms with Gasteiger partial charge in [0, 0.05) is 18.2 Å². The molecule has 4 bridgehead atoms. The van der Waals surface area contributed by atoms with Crippen molar-refractivity contribution in [3.05, 3.63) is 17.7 Å². The first-order valence-corrected chi connectivity index (χ1v) is 7.89. The van der Waals surface area contributed by atoms with Crippen LogP contribution in [0, 0.1) is 30.1 Å². The number of hydrogen-bond acceptors (Lipinski definition) is 2. The molecule has 0 aromatic carbocycles. The van der Waals surface area contributed by atoms with Gasteiger partial charge in [-0.15, -0.1) is 0 Å². The lowest BCUT2D eigenvalue weighted by Gasteiger charge is -2.59. The van der Waals surface area contributed by atoms with Crippen molar-refractivity contribution < 1.29 is 0 Å². The second kappa shape index (κ2) is 4.08. The lowest BCUT2D eigenvalue weighted by Crippen LogP contribution is -2.55. The Hall–Kier alpha value is -0.830. The molecule has 3 heteroatoms. The molecule has 0 radical (unpaired) electrons. The molecule has 1 aromatic rings. The zero-order chi connectivity index (χ0) is 13.0. The van der Waals surface area contributed by atoms with Gasteiger partial charge in [0.1, 0.15) is 0 Å². The van der Waals surface area contributed by atoms with Crippen molar-refractivity contribution in [2.75, 3.05) is 0 Å². The third kappa shape index (κ3) is 1.85. The van der Waals surface area contributed by atoms with Crippen molar-refractivity contribution >= 4 is 0 Å². The van der Waals surface area contributed by atoms with E-state index in [-0.39, 0.29) is 0 Å². The van der Waals surface area contributed by atoms with Gasteiger partial charge >= 0.3 is 0 Å². The van der Waals surface area contributed by atoms with E-state index in [1.165, 1.54) is 49.9 Å². The van der Waals surface area contributed by atoms with Gasteiger partial charge in [-0.2, -0.15) is 0 Å². The van der Waals surface area contributed by atoms with Gasteiger partial charge < -0.3 is 10.7 Å². The van der Waals surface area contributed by atoms with Crippen LogP contribution in [0.1, 0.15) is 49.9 Å². The third-order valence-electron chi connectivity index (χ3n) is 6.22. The molecule has 0 amide bonds. The van der Waals surface area contributed by atoms with Crippen LogP contribution in [-0.4, -0.2) is 16.0 Å². The summed E-state index contributed by atoms with van der Waals surface area (Å²) in [5.74, 6) is 2.95. The lowest BCUT2D eigenvalue weighted by atomic mass is 9.47. The fourth-order valence-corrected chi connectivity index (χ4v) is 5.65. The van der Waals surface area contributed by atoms with E-state index < -0.39 is 0 Å². The number of nitrogens with one attached hydrogen (secondary N) is 1. The van der Waals surface area contributed by atoms with Crippen molar-refractivity contribution in [2.24, 2.45) is 28.9 Å². The number of H-pyrrole nitrogens is 1. The summed E-state index contributed by atoms with van der Waals surface area (Å²) >= 11 is 0. The minimum absolute atomic E-state index is 0.308. The molecule has 1 atom stereocenters. The summed E-state index contributed by atoms with van der Waals surface area (Å²) in [6, 6.07) is 0.308. The first kappa shape index (κ1) is 12.0. The zero-order valence-corrected chi connectivity index (χ0v) is 11.9. The van der Waals surface area contributed by atoms with Crippen molar-refractivity contribution in [2.45, 2.75) is 57.9 Å². The average molecular weight is 259 g/mol. The predicted molar refractivity (Wildman–Crippen MR) is 75.6 cm³/mol. The lowest BCUT2D eigenvalue weighted by molar-refractivity contribution is -0.0669. The number of aromatic amines is 1. The van der Waals surface area contributed by atoms with Crippen LogP contribution >= 0.6 is 0 Å². The van der Waals surface area contributed by atoms with Crippen molar-refractivity contribution in [3.8, 4) is 0 Å². The maximum absolute atomic E-state index is 6.68. The van der Waals surface area contributed by atoms with Crippen LogP contribution in [0.3, 0.4) is 0 Å². The van der Waals surface area contributed by atoms with E-state index in [0.717, 1.165) is 24.2 Å². The second-order valence-corrected chi connectivity index (χ2v) is 7.56. The topological polar surface area (TPSA) is 54.7 Å². The number of imidazole rings is 1. The molecule has 4 fully saturated rings. The zero-order valence-electron chi connectivity index (χ0n) is 11.9.